The van der Waals surface area contributed by atoms with Gasteiger partial charge in [-0.2, -0.15) is 0 Å². The average Bonchev–Trinajstić information content (AvgIpc) is 2.47. The number of rotatable bonds is 2. The zero-order valence-electron chi connectivity index (χ0n) is 11.5. The second kappa shape index (κ2) is 6.03. The lowest BCUT2D eigenvalue weighted by atomic mass is 9.79. The van der Waals surface area contributed by atoms with Crippen molar-refractivity contribution in [2.45, 2.75) is 44.3 Å². The van der Waals surface area contributed by atoms with Gasteiger partial charge in [-0.1, -0.05) is 18.5 Å². The Balaban J connectivity index is 1.90. The van der Waals surface area contributed by atoms with Gasteiger partial charge in [0.05, 0.1) is 5.25 Å². The SMILES string of the molecule is CC1(C(N)=NO)CCN(C(=O)C2CCCCS2)CC1. The first-order valence-corrected chi connectivity index (χ1v) is 8.00. The summed E-state index contributed by atoms with van der Waals surface area (Å²) in [5.74, 6) is 1.67. The van der Waals surface area contributed by atoms with Gasteiger partial charge < -0.3 is 15.8 Å². The second-order valence-corrected chi connectivity index (χ2v) is 7.04. The standard InChI is InChI=1S/C13H23N3O2S/c1-13(12(14)15-18)5-7-16(8-6-13)11(17)10-4-2-3-9-19-10/h10,18H,2-9H2,1H3,(H2,14,15). The molecule has 6 heteroatoms. The number of hydrogen-bond donors (Lipinski definition) is 2. The number of amidine groups is 1. The molecule has 19 heavy (non-hydrogen) atoms. The van der Waals surface area contributed by atoms with Crippen LogP contribution in [0.5, 0.6) is 0 Å². The highest BCUT2D eigenvalue weighted by atomic mass is 32.2. The van der Waals surface area contributed by atoms with Crippen molar-refractivity contribution in [3.05, 3.63) is 0 Å². The molecule has 5 nitrogen and oxygen atoms in total. The Morgan fingerprint density at radius 3 is 2.63 bits per heavy atom. The van der Waals surface area contributed by atoms with Crippen molar-refractivity contribution in [2.75, 3.05) is 18.8 Å². The Hall–Kier alpha value is -0.910. The Morgan fingerprint density at radius 2 is 2.11 bits per heavy atom. The van der Waals surface area contributed by atoms with Gasteiger partial charge in [-0.3, -0.25) is 4.79 Å². The summed E-state index contributed by atoms with van der Waals surface area (Å²) >= 11 is 1.80. The van der Waals surface area contributed by atoms with Gasteiger partial charge in [0.25, 0.3) is 0 Å². The van der Waals surface area contributed by atoms with Crippen LogP contribution in [-0.2, 0) is 4.79 Å². The lowest BCUT2D eigenvalue weighted by molar-refractivity contribution is -0.132. The predicted octanol–water partition coefficient (Wildman–Crippen LogP) is 1.65. The summed E-state index contributed by atoms with van der Waals surface area (Å²) in [6.45, 7) is 3.42. The Morgan fingerprint density at radius 1 is 1.42 bits per heavy atom. The molecular weight excluding hydrogens is 262 g/mol. The smallest absolute Gasteiger partial charge is 0.235 e. The number of likely N-dealkylation sites (tertiary alicyclic amines) is 1. The minimum Gasteiger partial charge on any atom is -0.409 e. The van der Waals surface area contributed by atoms with E-state index in [1.54, 1.807) is 11.8 Å². The molecule has 2 saturated heterocycles. The van der Waals surface area contributed by atoms with Crippen LogP contribution in [0.15, 0.2) is 5.16 Å². The molecular formula is C13H23N3O2S. The van der Waals surface area contributed by atoms with Crippen LogP contribution < -0.4 is 5.73 Å². The van der Waals surface area contributed by atoms with E-state index in [1.807, 2.05) is 11.8 Å². The van der Waals surface area contributed by atoms with Crippen molar-refractivity contribution in [3.63, 3.8) is 0 Å². The van der Waals surface area contributed by atoms with Crippen LogP contribution in [0.4, 0.5) is 0 Å². The third kappa shape index (κ3) is 3.16. The normalized spacial score (nSPS) is 28.2. The van der Waals surface area contributed by atoms with Gasteiger partial charge in [0.2, 0.25) is 5.91 Å². The Kier molecular flexibility index (Phi) is 4.60. The van der Waals surface area contributed by atoms with Crippen LogP contribution >= 0.6 is 11.8 Å². The molecule has 0 bridgehead atoms. The number of carbonyl (C=O) groups is 1. The summed E-state index contributed by atoms with van der Waals surface area (Å²) in [6, 6.07) is 0. The van der Waals surface area contributed by atoms with E-state index in [0.717, 1.165) is 25.0 Å². The molecule has 2 aliphatic heterocycles. The fraction of sp³-hybridized carbons (Fsp3) is 0.846. The van der Waals surface area contributed by atoms with E-state index >= 15 is 0 Å². The summed E-state index contributed by atoms with van der Waals surface area (Å²) in [5, 5.41) is 12.1. The van der Waals surface area contributed by atoms with Crippen molar-refractivity contribution < 1.29 is 10.0 Å². The van der Waals surface area contributed by atoms with Gasteiger partial charge in [-0.05, 0) is 31.4 Å². The maximum absolute atomic E-state index is 12.4. The third-order valence-electron chi connectivity index (χ3n) is 4.36. The fourth-order valence-electron chi connectivity index (χ4n) is 2.74. The van der Waals surface area contributed by atoms with E-state index < -0.39 is 0 Å². The van der Waals surface area contributed by atoms with Crippen LogP contribution in [0.2, 0.25) is 0 Å². The lowest BCUT2D eigenvalue weighted by Crippen LogP contribution is -2.49. The Labute approximate surface area is 118 Å². The molecule has 2 heterocycles. The van der Waals surface area contributed by atoms with Crippen molar-refractivity contribution in [1.29, 1.82) is 0 Å². The molecule has 0 aliphatic carbocycles. The van der Waals surface area contributed by atoms with Crippen molar-refractivity contribution in [1.82, 2.24) is 4.90 Å². The first kappa shape index (κ1) is 14.5. The summed E-state index contributed by atoms with van der Waals surface area (Å²) < 4.78 is 0. The largest absolute Gasteiger partial charge is 0.409 e. The number of piperidine rings is 1. The molecule has 1 amide bonds. The molecule has 0 aromatic rings. The van der Waals surface area contributed by atoms with Crippen molar-refractivity contribution in [2.24, 2.45) is 16.3 Å². The van der Waals surface area contributed by atoms with Gasteiger partial charge >= 0.3 is 0 Å². The van der Waals surface area contributed by atoms with E-state index in [-0.39, 0.29) is 22.4 Å². The molecule has 0 aromatic heterocycles. The molecule has 1 unspecified atom stereocenters. The maximum atomic E-state index is 12.4. The van der Waals surface area contributed by atoms with E-state index in [9.17, 15) is 4.79 Å². The minimum atomic E-state index is -0.273. The quantitative estimate of drug-likeness (QED) is 0.350. The average molecular weight is 285 g/mol. The highest BCUT2D eigenvalue weighted by Gasteiger charge is 2.37. The molecule has 1 atom stereocenters. The van der Waals surface area contributed by atoms with E-state index in [2.05, 4.69) is 5.16 Å². The van der Waals surface area contributed by atoms with Gasteiger partial charge in [0.15, 0.2) is 0 Å². The van der Waals surface area contributed by atoms with Gasteiger partial charge in [0.1, 0.15) is 5.84 Å². The summed E-state index contributed by atoms with van der Waals surface area (Å²) in [6.07, 6.45) is 4.95. The number of hydrogen-bond acceptors (Lipinski definition) is 4. The monoisotopic (exact) mass is 285 g/mol. The fourth-order valence-corrected chi connectivity index (χ4v) is 4.02. The zero-order chi connectivity index (χ0) is 13.9. The van der Waals surface area contributed by atoms with Crippen LogP contribution in [0.3, 0.4) is 0 Å². The van der Waals surface area contributed by atoms with Crippen molar-refractivity contribution in [3.8, 4) is 0 Å². The van der Waals surface area contributed by atoms with Crippen molar-refractivity contribution >= 4 is 23.5 Å². The predicted molar refractivity (Wildman–Crippen MR) is 77.4 cm³/mol. The van der Waals surface area contributed by atoms with Crippen LogP contribution in [0.25, 0.3) is 0 Å². The molecule has 2 fully saturated rings. The molecule has 0 saturated carbocycles. The van der Waals surface area contributed by atoms with Gasteiger partial charge in [-0.25, -0.2) is 0 Å². The van der Waals surface area contributed by atoms with Crippen LogP contribution in [0.1, 0.15) is 39.0 Å². The molecule has 3 N–H and O–H groups in total. The van der Waals surface area contributed by atoms with Gasteiger partial charge in [-0.15, -0.1) is 11.8 Å². The van der Waals surface area contributed by atoms with Gasteiger partial charge in [0, 0.05) is 18.5 Å². The molecule has 0 spiro atoms. The number of nitrogens with two attached hydrogens (primary N) is 1. The molecule has 0 radical (unpaired) electrons. The topological polar surface area (TPSA) is 78.9 Å². The first-order chi connectivity index (χ1) is 9.07. The lowest BCUT2D eigenvalue weighted by Gasteiger charge is -2.39. The number of oxime groups is 1. The van der Waals surface area contributed by atoms with E-state index in [0.29, 0.717) is 13.1 Å². The molecule has 0 aromatic carbocycles. The summed E-state index contributed by atoms with van der Waals surface area (Å²) in [4.78, 5) is 14.4. The highest BCUT2D eigenvalue weighted by molar-refractivity contribution is 8.00. The number of nitrogens with zero attached hydrogens (tertiary/aromatic N) is 2. The van der Waals surface area contributed by atoms with Crippen LogP contribution in [-0.4, -0.2) is 45.9 Å². The molecule has 108 valence electrons. The molecule has 2 rings (SSSR count). The number of thioether (sulfide) groups is 1. The minimum absolute atomic E-state index is 0.155. The highest BCUT2D eigenvalue weighted by Crippen LogP contribution is 2.33. The molecule has 2 aliphatic rings. The summed E-state index contributed by atoms with van der Waals surface area (Å²) in [7, 11) is 0. The second-order valence-electron chi connectivity index (χ2n) is 5.73. The van der Waals surface area contributed by atoms with E-state index in [4.69, 9.17) is 10.9 Å². The summed E-state index contributed by atoms with van der Waals surface area (Å²) in [5.41, 5.74) is 5.47. The Bertz CT molecular complexity index is 359. The van der Waals surface area contributed by atoms with Crippen LogP contribution in [0, 0.1) is 5.41 Å². The number of carbonyl (C=O) groups excluding carboxylic acids is 1. The first-order valence-electron chi connectivity index (χ1n) is 6.95. The number of amides is 1. The third-order valence-corrected chi connectivity index (χ3v) is 5.72. The zero-order valence-corrected chi connectivity index (χ0v) is 12.3. The van der Waals surface area contributed by atoms with E-state index in [1.165, 1.54) is 12.8 Å². The maximum Gasteiger partial charge on any atom is 0.235 e.